The van der Waals surface area contributed by atoms with E-state index < -0.39 is 0 Å². The Morgan fingerprint density at radius 2 is 1.98 bits per heavy atom. The van der Waals surface area contributed by atoms with Crippen molar-refractivity contribution in [1.29, 1.82) is 0 Å². The fourth-order valence-corrected chi connectivity index (χ4v) is 8.79. The molecular formula is C39H46ClN3O3. The molecule has 0 N–H and O–H groups in total. The highest BCUT2D eigenvalue weighted by molar-refractivity contribution is 6.30. The van der Waals surface area contributed by atoms with E-state index in [1.165, 1.54) is 50.3 Å². The highest BCUT2D eigenvalue weighted by Gasteiger charge is 2.44. The summed E-state index contributed by atoms with van der Waals surface area (Å²) in [7, 11) is 1.44. The van der Waals surface area contributed by atoms with Crippen LogP contribution in [0.2, 0.25) is 5.02 Å². The van der Waals surface area contributed by atoms with E-state index >= 15 is 0 Å². The lowest BCUT2D eigenvalue weighted by Crippen LogP contribution is -2.49. The lowest BCUT2D eigenvalue weighted by Gasteiger charge is -2.46. The lowest BCUT2D eigenvalue weighted by molar-refractivity contribution is 0.0600. The molecule has 4 aliphatic rings. The number of esters is 1. The van der Waals surface area contributed by atoms with Crippen molar-refractivity contribution in [2.45, 2.75) is 70.1 Å². The van der Waals surface area contributed by atoms with E-state index in [0.717, 1.165) is 67.0 Å². The fraction of sp³-hybridized carbons (Fsp3) is 0.513. The Labute approximate surface area is 278 Å². The van der Waals surface area contributed by atoms with Gasteiger partial charge in [0.2, 0.25) is 0 Å². The van der Waals surface area contributed by atoms with Crippen molar-refractivity contribution in [1.82, 2.24) is 9.97 Å². The molecule has 2 saturated carbocycles. The van der Waals surface area contributed by atoms with Crippen molar-refractivity contribution in [2.75, 3.05) is 31.7 Å². The largest absolute Gasteiger partial charge is 0.490 e. The molecule has 0 saturated heterocycles. The first kappa shape index (κ1) is 31.2. The second kappa shape index (κ2) is 13.4. The second-order valence-corrected chi connectivity index (χ2v) is 14.7. The van der Waals surface area contributed by atoms with Gasteiger partial charge >= 0.3 is 5.97 Å². The van der Waals surface area contributed by atoms with Crippen molar-refractivity contribution in [3.63, 3.8) is 0 Å². The molecule has 2 heterocycles. The van der Waals surface area contributed by atoms with E-state index in [1.807, 2.05) is 42.7 Å². The number of rotatable bonds is 9. The van der Waals surface area contributed by atoms with Crippen LogP contribution in [0.3, 0.4) is 0 Å². The predicted octanol–water partition coefficient (Wildman–Crippen LogP) is 8.27. The number of halogens is 1. The minimum atomic E-state index is -0.315. The SMILES string of the molecule is COC(=O)c1ccc2c(c1)N(C[C@@H]1CC[C@H]1[C@@H](C)/C=C\[C@@H]1CC[C@H]1CCc1ncccn1)C[C@@]1(CCCc3cc(Cl)ccc31)CO2. The number of aryl methyl sites for hydroxylation is 2. The van der Waals surface area contributed by atoms with Crippen LogP contribution in [-0.4, -0.2) is 42.7 Å². The summed E-state index contributed by atoms with van der Waals surface area (Å²) in [6, 6.07) is 14.1. The van der Waals surface area contributed by atoms with Crippen LogP contribution in [0.15, 0.2) is 67.0 Å². The van der Waals surface area contributed by atoms with Gasteiger partial charge in [-0.15, -0.1) is 0 Å². The number of carbonyl (C=O) groups is 1. The summed E-state index contributed by atoms with van der Waals surface area (Å²) in [4.78, 5) is 24.0. The van der Waals surface area contributed by atoms with Gasteiger partial charge in [-0.05, 0) is 128 Å². The van der Waals surface area contributed by atoms with E-state index in [2.05, 4.69) is 46.1 Å². The van der Waals surface area contributed by atoms with Gasteiger partial charge in [-0.2, -0.15) is 0 Å². The number of hydrogen-bond donors (Lipinski definition) is 0. The standard InChI is InChI=1S/C39H46ClN3O3/c1-26(6-7-27-8-9-28(27)12-17-37-41-19-4-20-42-37)33-14-10-31(33)23-43-24-39(18-3-5-29-21-32(40)13-15-34(29)39)25-46-36-16-11-30(22-35(36)43)38(44)45-2/h4,6-7,11,13,15-16,19-22,26-28,31,33H,3,5,8-10,12,14,17-18,23-25H2,1-2H3/b7-6-/t26-,27+,28-,31-,33-,39-/m0/s1. The topological polar surface area (TPSA) is 64.5 Å². The molecule has 3 aliphatic carbocycles. The number of aromatic nitrogens is 2. The molecule has 1 spiro atoms. The van der Waals surface area contributed by atoms with Crippen LogP contribution >= 0.6 is 11.6 Å². The zero-order valence-electron chi connectivity index (χ0n) is 27.2. The van der Waals surface area contributed by atoms with Crippen LogP contribution in [0.5, 0.6) is 5.75 Å². The number of benzene rings is 2. The molecular weight excluding hydrogens is 594 g/mol. The van der Waals surface area contributed by atoms with E-state index in [1.54, 1.807) is 0 Å². The molecule has 6 nitrogen and oxygen atoms in total. The molecule has 2 aromatic carbocycles. The third-order valence-electron chi connectivity index (χ3n) is 11.6. The number of hydrogen-bond acceptors (Lipinski definition) is 6. The summed E-state index contributed by atoms with van der Waals surface area (Å²) >= 11 is 6.45. The average Bonchev–Trinajstić information content (AvgIpc) is 3.19. The molecule has 46 heavy (non-hydrogen) atoms. The smallest absolute Gasteiger partial charge is 0.337 e. The lowest BCUT2D eigenvalue weighted by atomic mass is 9.65. The van der Waals surface area contributed by atoms with E-state index in [4.69, 9.17) is 21.1 Å². The van der Waals surface area contributed by atoms with Crippen molar-refractivity contribution >= 4 is 23.3 Å². The van der Waals surface area contributed by atoms with Crippen LogP contribution in [0.4, 0.5) is 5.69 Å². The Kier molecular flexibility index (Phi) is 9.09. The molecule has 0 unspecified atom stereocenters. The highest BCUT2D eigenvalue weighted by Crippen LogP contribution is 2.48. The van der Waals surface area contributed by atoms with Crippen LogP contribution in [0, 0.1) is 29.6 Å². The summed E-state index contributed by atoms with van der Waals surface area (Å²) in [6.07, 6.45) is 19.2. The monoisotopic (exact) mass is 639 g/mol. The molecule has 2 fully saturated rings. The van der Waals surface area contributed by atoms with Gasteiger partial charge in [0, 0.05) is 42.3 Å². The number of carbonyl (C=O) groups excluding carboxylic acids is 1. The van der Waals surface area contributed by atoms with Crippen molar-refractivity contribution in [3.8, 4) is 5.75 Å². The molecule has 0 amide bonds. The maximum absolute atomic E-state index is 12.6. The Morgan fingerprint density at radius 1 is 1.13 bits per heavy atom. The fourth-order valence-electron chi connectivity index (χ4n) is 8.60. The first-order chi connectivity index (χ1) is 22.4. The number of allylic oxidation sites excluding steroid dienone is 2. The minimum Gasteiger partial charge on any atom is -0.490 e. The van der Waals surface area contributed by atoms with E-state index in [-0.39, 0.29) is 11.4 Å². The van der Waals surface area contributed by atoms with Crippen molar-refractivity contribution < 1.29 is 14.3 Å². The van der Waals surface area contributed by atoms with E-state index in [9.17, 15) is 4.79 Å². The van der Waals surface area contributed by atoms with Crippen LogP contribution < -0.4 is 9.64 Å². The number of anilines is 1. The Hall–Kier alpha value is -3.38. The molecule has 7 heteroatoms. The molecule has 0 bridgehead atoms. The van der Waals surface area contributed by atoms with Gasteiger partial charge in [-0.3, -0.25) is 0 Å². The average molecular weight is 640 g/mol. The zero-order chi connectivity index (χ0) is 31.7. The highest BCUT2D eigenvalue weighted by atomic mass is 35.5. The first-order valence-electron chi connectivity index (χ1n) is 17.3. The van der Waals surface area contributed by atoms with Gasteiger partial charge < -0.3 is 14.4 Å². The molecule has 3 aromatic rings. The van der Waals surface area contributed by atoms with Crippen molar-refractivity contribution in [2.24, 2.45) is 29.6 Å². The number of nitrogens with zero attached hydrogens (tertiary/aromatic N) is 3. The number of ether oxygens (including phenoxy) is 2. The van der Waals surface area contributed by atoms with Gasteiger partial charge in [0.1, 0.15) is 11.6 Å². The summed E-state index contributed by atoms with van der Waals surface area (Å²) in [5.74, 6) is 4.69. The number of fused-ring (bicyclic) bond motifs is 3. The van der Waals surface area contributed by atoms with Crippen LogP contribution in [0.1, 0.15) is 79.2 Å². The molecule has 242 valence electrons. The minimum absolute atomic E-state index is 0.128. The van der Waals surface area contributed by atoms with Crippen LogP contribution in [0.25, 0.3) is 0 Å². The maximum Gasteiger partial charge on any atom is 0.337 e. The quantitative estimate of drug-likeness (QED) is 0.173. The summed E-state index contributed by atoms with van der Waals surface area (Å²) < 4.78 is 11.7. The van der Waals surface area contributed by atoms with E-state index in [0.29, 0.717) is 35.8 Å². The summed E-state index contributed by atoms with van der Waals surface area (Å²) in [5.41, 5.74) is 4.16. The predicted molar refractivity (Wildman–Crippen MR) is 183 cm³/mol. The van der Waals surface area contributed by atoms with Gasteiger partial charge in [-0.25, -0.2) is 14.8 Å². The van der Waals surface area contributed by atoms with Gasteiger partial charge in [0.05, 0.1) is 25.0 Å². The maximum atomic E-state index is 12.6. The van der Waals surface area contributed by atoms with Crippen molar-refractivity contribution in [3.05, 3.63) is 94.5 Å². The molecule has 7 rings (SSSR count). The molecule has 6 atom stereocenters. The number of methoxy groups -OCH3 is 1. The Morgan fingerprint density at radius 3 is 2.74 bits per heavy atom. The Balaban J connectivity index is 1.08. The Bertz CT molecular complexity index is 1580. The first-order valence-corrected chi connectivity index (χ1v) is 17.6. The van der Waals surface area contributed by atoms with Gasteiger partial charge in [0.25, 0.3) is 0 Å². The van der Waals surface area contributed by atoms with Crippen LogP contribution in [-0.2, 0) is 23.0 Å². The normalized spacial score (nSPS) is 27.5. The van der Waals surface area contributed by atoms with Gasteiger partial charge in [-0.1, -0.05) is 36.7 Å². The van der Waals surface area contributed by atoms with Gasteiger partial charge in [0.15, 0.2) is 0 Å². The molecule has 1 aromatic heterocycles. The zero-order valence-corrected chi connectivity index (χ0v) is 27.9. The third-order valence-corrected chi connectivity index (χ3v) is 11.8. The third kappa shape index (κ3) is 6.30. The molecule has 0 radical (unpaired) electrons. The summed E-state index contributed by atoms with van der Waals surface area (Å²) in [5, 5.41) is 0.797. The summed E-state index contributed by atoms with van der Waals surface area (Å²) in [6.45, 7) is 4.85. The molecule has 1 aliphatic heterocycles. The second-order valence-electron chi connectivity index (χ2n) is 14.2.